The molecule has 1 atom stereocenters. The number of aldehydes is 2. The smallest absolute Gasteiger partial charge is 0.127 e. The molecular weight excluding hydrogens is 188 g/mol. The lowest BCUT2D eigenvalue weighted by molar-refractivity contribution is -0.114. The quantitative estimate of drug-likeness (QED) is 0.315. The third kappa shape index (κ3) is 9.39. The van der Waals surface area contributed by atoms with Gasteiger partial charge in [0.15, 0.2) is 0 Å². The fourth-order valence-electron chi connectivity index (χ4n) is 1.43. The van der Waals surface area contributed by atoms with Crippen LogP contribution in [0.3, 0.4) is 0 Å². The van der Waals surface area contributed by atoms with Crippen molar-refractivity contribution in [3.63, 3.8) is 0 Å². The third-order valence-corrected chi connectivity index (χ3v) is 2.40. The molecule has 0 amide bonds. The molecule has 0 aromatic carbocycles. The highest BCUT2D eigenvalue weighted by Gasteiger charge is 1.99. The van der Waals surface area contributed by atoms with E-state index in [1.54, 1.807) is 0 Å². The summed E-state index contributed by atoms with van der Waals surface area (Å²) >= 11 is 0. The van der Waals surface area contributed by atoms with Gasteiger partial charge in [-0.2, -0.15) is 0 Å². The van der Waals surface area contributed by atoms with Gasteiger partial charge in [0.1, 0.15) is 12.6 Å². The van der Waals surface area contributed by atoms with E-state index in [4.69, 9.17) is 0 Å². The van der Waals surface area contributed by atoms with E-state index in [0.29, 0.717) is 6.42 Å². The summed E-state index contributed by atoms with van der Waals surface area (Å²) in [6.45, 7) is 2.20. The zero-order chi connectivity index (χ0) is 11.4. The number of hydrogen-bond acceptors (Lipinski definition) is 2. The van der Waals surface area contributed by atoms with Gasteiger partial charge in [-0.25, -0.2) is 0 Å². The van der Waals surface area contributed by atoms with E-state index < -0.39 is 0 Å². The first-order chi connectivity index (χ1) is 7.35. The molecule has 0 bridgehead atoms. The Bertz CT molecular complexity index is 185. The van der Waals surface area contributed by atoms with Gasteiger partial charge in [-0.15, -0.1) is 0 Å². The maximum absolute atomic E-state index is 10.5. The molecule has 0 spiro atoms. The first-order valence-electron chi connectivity index (χ1n) is 5.90. The molecule has 0 heterocycles. The predicted molar refractivity (Wildman–Crippen MR) is 62.8 cm³/mol. The minimum atomic E-state index is -0.210. The topological polar surface area (TPSA) is 34.1 Å². The van der Waals surface area contributed by atoms with Crippen LogP contribution >= 0.6 is 0 Å². The molecule has 0 aromatic heterocycles. The Kier molecular flexibility index (Phi) is 10.5. The standard InChI is InChI=1S/C13H22O2/c1-2-3-4-5-6-7-8-9-13(12-15)10-11-14/h8-9,11-13H,2-7,10H2,1H3/b9-8+. The minimum absolute atomic E-state index is 0.210. The SMILES string of the molecule is CCCCCCC/C=C/C(C=O)CC=O. The molecule has 1 unspecified atom stereocenters. The maximum atomic E-state index is 10.5. The molecule has 2 heteroatoms. The highest BCUT2D eigenvalue weighted by atomic mass is 16.1. The van der Waals surface area contributed by atoms with Gasteiger partial charge in [0.05, 0.1) is 0 Å². The van der Waals surface area contributed by atoms with Crippen molar-refractivity contribution in [2.75, 3.05) is 0 Å². The fraction of sp³-hybridized carbons (Fsp3) is 0.692. The highest BCUT2D eigenvalue weighted by Crippen LogP contribution is 2.07. The third-order valence-electron chi connectivity index (χ3n) is 2.40. The Morgan fingerprint density at radius 2 is 1.80 bits per heavy atom. The summed E-state index contributed by atoms with van der Waals surface area (Å²) in [5, 5.41) is 0. The van der Waals surface area contributed by atoms with Gasteiger partial charge in [0, 0.05) is 12.3 Å². The Labute approximate surface area is 92.8 Å². The number of carbonyl (C=O) groups is 2. The van der Waals surface area contributed by atoms with Gasteiger partial charge in [0.25, 0.3) is 0 Å². The van der Waals surface area contributed by atoms with Gasteiger partial charge in [-0.1, -0.05) is 44.8 Å². The Morgan fingerprint density at radius 3 is 2.40 bits per heavy atom. The molecule has 0 aromatic rings. The van der Waals surface area contributed by atoms with Crippen LogP contribution in [0, 0.1) is 5.92 Å². The van der Waals surface area contributed by atoms with Crippen molar-refractivity contribution in [3.8, 4) is 0 Å². The van der Waals surface area contributed by atoms with Crippen molar-refractivity contribution in [2.45, 2.75) is 51.9 Å². The van der Waals surface area contributed by atoms with E-state index in [0.717, 1.165) is 19.0 Å². The zero-order valence-corrected chi connectivity index (χ0v) is 9.65. The molecule has 15 heavy (non-hydrogen) atoms. The zero-order valence-electron chi connectivity index (χ0n) is 9.65. The van der Waals surface area contributed by atoms with Gasteiger partial charge in [-0.3, -0.25) is 0 Å². The predicted octanol–water partition coefficient (Wildman–Crippen LogP) is 3.31. The molecule has 0 saturated heterocycles. The van der Waals surface area contributed by atoms with Crippen LogP contribution in [0.25, 0.3) is 0 Å². The molecule has 0 fully saturated rings. The lowest BCUT2D eigenvalue weighted by atomic mass is 10.1. The molecule has 86 valence electrons. The average Bonchev–Trinajstić information content (AvgIpc) is 2.26. The Morgan fingerprint density at radius 1 is 1.07 bits per heavy atom. The first-order valence-corrected chi connectivity index (χ1v) is 5.90. The van der Waals surface area contributed by atoms with Gasteiger partial charge < -0.3 is 9.59 Å². The fourth-order valence-corrected chi connectivity index (χ4v) is 1.43. The van der Waals surface area contributed by atoms with Crippen LogP contribution in [0.5, 0.6) is 0 Å². The number of rotatable bonds is 10. The molecule has 0 aliphatic heterocycles. The van der Waals surface area contributed by atoms with Crippen molar-refractivity contribution in [2.24, 2.45) is 5.92 Å². The molecule has 0 N–H and O–H groups in total. The number of unbranched alkanes of at least 4 members (excludes halogenated alkanes) is 5. The van der Waals surface area contributed by atoms with E-state index in [1.807, 2.05) is 12.2 Å². The van der Waals surface area contributed by atoms with E-state index in [-0.39, 0.29) is 5.92 Å². The van der Waals surface area contributed by atoms with Gasteiger partial charge >= 0.3 is 0 Å². The second kappa shape index (κ2) is 11.2. The van der Waals surface area contributed by atoms with Crippen LogP contribution in [0.4, 0.5) is 0 Å². The van der Waals surface area contributed by atoms with Crippen molar-refractivity contribution in [1.82, 2.24) is 0 Å². The van der Waals surface area contributed by atoms with Crippen molar-refractivity contribution >= 4 is 12.6 Å². The van der Waals surface area contributed by atoms with E-state index >= 15 is 0 Å². The summed E-state index contributed by atoms with van der Waals surface area (Å²) in [7, 11) is 0. The second-order valence-corrected chi connectivity index (χ2v) is 3.83. The van der Waals surface area contributed by atoms with E-state index in [1.165, 1.54) is 32.1 Å². The number of hydrogen-bond donors (Lipinski definition) is 0. The normalized spacial score (nSPS) is 12.9. The minimum Gasteiger partial charge on any atom is -0.303 e. The average molecular weight is 210 g/mol. The maximum Gasteiger partial charge on any atom is 0.127 e. The highest BCUT2D eigenvalue weighted by molar-refractivity contribution is 5.64. The summed E-state index contributed by atoms with van der Waals surface area (Å²) in [4.78, 5) is 20.7. The molecule has 0 aliphatic rings. The summed E-state index contributed by atoms with van der Waals surface area (Å²) in [6.07, 6.45) is 13.2. The molecule has 0 saturated carbocycles. The van der Waals surface area contributed by atoms with Crippen LogP contribution in [-0.2, 0) is 9.59 Å². The number of carbonyl (C=O) groups excluding carboxylic acids is 2. The monoisotopic (exact) mass is 210 g/mol. The summed E-state index contributed by atoms with van der Waals surface area (Å²) in [6, 6.07) is 0. The van der Waals surface area contributed by atoms with Gasteiger partial charge in [0.2, 0.25) is 0 Å². The molecular formula is C13H22O2. The van der Waals surface area contributed by atoms with Crippen LogP contribution in [0.1, 0.15) is 51.9 Å². The van der Waals surface area contributed by atoms with Crippen LogP contribution in [-0.4, -0.2) is 12.6 Å². The first kappa shape index (κ1) is 14.1. The number of allylic oxidation sites excluding steroid dienone is 2. The summed E-state index contributed by atoms with van der Waals surface area (Å²) in [5.74, 6) is -0.210. The lowest BCUT2D eigenvalue weighted by Crippen LogP contribution is -1.97. The van der Waals surface area contributed by atoms with Crippen LogP contribution < -0.4 is 0 Å². The largest absolute Gasteiger partial charge is 0.303 e. The second-order valence-electron chi connectivity index (χ2n) is 3.83. The molecule has 0 radical (unpaired) electrons. The lowest BCUT2D eigenvalue weighted by Gasteiger charge is -1.98. The molecule has 2 nitrogen and oxygen atoms in total. The van der Waals surface area contributed by atoms with Gasteiger partial charge in [-0.05, 0) is 12.8 Å². The summed E-state index contributed by atoms with van der Waals surface area (Å²) < 4.78 is 0. The van der Waals surface area contributed by atoms with Crippen molar-refractivity contribution < 1.29 is 9.59 Å². The van der Waals surface area contributed by atoms with Crippen molar-refractivity contribution in [3.05, 3.63) is 12.2 Å². The van der Waals surface area contributed by atoms with Crippen molar-refractivity contribution in [1.29, 1.82) is 0 Å². The summed E-state index contributed by atoms with van der Waals surface area (Å²) in [5.41, 5.74) is 0. The van der Waals surface area contributed by atoms with E-state index in [9.17, 15) is 9.59 Å². The van der Waals surface area contributed by atoms with Crippen LogP contribution in [0.2, 0.25) is 0 Å². The van der Waals surface area contributed by atoms with Crippen LogP contribution in [0.15, 0.2) is 12.2 Å². The van der Waals surface area contributed by atoms with E-state index in [2.05, 4.69) is 6.92 Å². The Hall–Kier alpha value is -0.920. The molecule has 0 rings (SSSR count). The Balaban J connectivity index is 3.42. The molecule has 0 aliphatic carbocycles.